The van der Waals surface area contributed by atoms with Crippen molar-refractivity contribution in [3.63, 3.8) is 0 Å². The van der Waals surface area contributed by atoms with Gasteiger partial charge in [0.15, 0.2) is 10.4 Å². The molecule has 0 radical (unpaired) electrons. The first-order chi connectivity index (χ1) is 13.6. The van der Waals surface area contributed by atoms with Crippen LogP contribution in [-0.4, -0.2) is 18.1 Å². The Bertz CT molecular complexity index is 1010. The number of hydrogen-bond donors (Lipinski definition) is 1. The smallest absolute Gasteiger partial charge is 0.336 e. The molecule has 0 spiro atoms. The SMILES string of the molecule is O=C(/C=C/c1ccccc1)Oc1ccc(/C=N\NC(=O)c2ccc(Br)o2)cc1. The second-order valence-electron chi connectivity index (χ2n) is 5.54. The van der Waals surface area contributed by atoms with E-state index in [0.29, 0.717) is 10.4 Å². The van der Waals surface area contributed by atoms with Crippen LogP contribution in [0.5, 0.6) is 5.75 Å². The van der Waals surface area contributed by atoms with E-state index in [1.54, 1.807) is 36.4 Å². The third-order valence-corrected chi connectivity index (χ3v) is 3.91. The normalized spacial score (nSPS) is 11.0. The number of carbonyl (C=O) groups is 2. The number of carbonyl (C=O) groups excluding carboxylic acids is 2. The van der Waals surface area contributed by atoms with Crippen LogP contribution in [0.4, 0.5) is 0 Å². The molecule has 1 amide bonds. The summed E-state index contributed by atoms with van der Waals surface area (Å²) < 4.78 is 10.8. The molecule has 0 unspecified atom stereocenters. The molecule has 0 bridgehead atoms. The number of nitrogens with one attached hydrogen (secondary N) is 1. The van der Waals surface area contributed by atoms with Crippen molar-refractivity contribution in [1.82, 2.24) is 5.43 Å². The Labute approximate surface area is 169 Å². The maximum Gasteiger partial charge on any atom is 0.336 e. The minimum atomic E-state index is -0.470. The van der Waals surface area contributed by atoms with Crippen LogP contribution in [0.3, 0.4) is 0 Å². The predicted molar refractivity (Wildman–Crippen MR) is 109 cm³/mol. The molecule has 140 valence electrons. The maximum absolute atomic E-state index is 11.9. The second kappa shape index (κ2) is 9.48. The minimum Gasteiger partial charge on any atom is -0.444 e. The molecular formula is C21H15BrN2O4. The molecule has 1 heterocycles. The van der Waals surface area contributed by atoms with Crippen molar-refractivity contribution in [2.45, 2.75) is 0 Å². The van der Waals surface area contributed by atoms with Crippen molar-refractivity contribution in [1.29, 1.82) is 0 Å². The van der Waals surface area contributed by atoms with Crippen molar-refractivity contribution in [3.8, 4) is 5.75 Å². The van der Waals surface area contributed by atoms with Gasteiger partial charge in [-0.3, -0.25) is 4.79 Å². The summed E-state index contributed by atoms with van der Waals surface area (Å²) >= 11 is 3.13. The maximum atomic E-state index is 11.9. The largest absolute Gasteiger partial charge is 0.444 e. The van der Waals surface area contributed by atoms with E-state index < -0.39 is 11.9 Å². The summed E-state index contributed by atoms with van der Waals surface area (Å²) in [6.07, 6.45) is 4.52. The number of furan rings is 1. The van der Waals surface area contributed by atoms with Crippen LogP contribution in [0.25, 0.3) is 6.08 Å². The summed E-state index contributed by atoms with van der Waals surface area (Å²) in [6, 6.07) is 19.3. The lowest BCUT2D eigenvalue weighted by molar-refractivity contribution is -0.128. The van der Waals surface area contributed by atoms with Crippen LogP contribution < -0.4 is 10.2 Å². The summed E-state index contributed by atoms with van der Waals surface area (Å²) in [5, 5.41) is 3.86. The molecule has 0 aliphatic carbocycles. The van der Waals surface area contributed by atoms with Gasteiger partial charge in [0.1, 0.15) is 5.75 Å². The van der Waals surface area contributed by atoms with Crippen molar-refractivity contribution in [2.24, 2.45) is 5.10 Å². The van der Waals surface area contributed by atoms with Crippen LogP contribution in [0.2, 0.25) is 0 Å². The molecule has 7 heteroatoms. The van der Waals surface area contributed by atoms with E-state index in [0.717, 1.165) is 11.1 Å². The van der Waals surface area contributed by atoms with Crippen LogP contribution in [0.1, 0.15) is 21.7 Å². The van der Waals surface area contributed by atoms with Crippen LogP contribution in [0, 0.1) is 0 Å². The first kappa shape index (κ1) is 19.3. The molecule has 6 nitrogen and oxygen atoms in total. The van der Waals surface area contributed by atoms with E-state index in [4.69, 9.17) is 9.15 Å². The fourth-order valence-electron chi connectivity index (χ4n) is 2.16. The van der Waals surface area contributed by atoms with Crippen molar-refractivity contribution in [3.05, 3.63) is 94.4 Å². The number of ether oxygens (including phenoxy) is 1. The zero-order valence-corrected chi connectivity index (χ0v) is 16.1. The van der Waals surface area contributed by atoms with Gasteiger partial charge in [-0.1, -0.05) is 30.3 Å². The van der Waals surface area contributed by atoms with E-state index in [1.807, 2.05) is 30.3 Å². The van der Waals surface area contributed by atoms with Crippen molar-refractivity contribution >= 4 is 40.1 Å². The molecule has 0 aliphatic heterocycles. The Balaban J connectivity index is 1.51. The van der Waals surface area contributed by atoms with Crippen molar-refractivity contribution in [2.75, 3.05) is 0 Å². The molecule has 1 N–H and O–H groups in total. The second-order valence-corrected chi connectivity index (χ2v) is 6.32. The number of hydrogen-bond acceptors (Lipinski definition) is 5. The fraction of sp³-hybridized carbons (Fsp3) is 0. The van der Waals surface area contributed by atoms with Gasteiger partial charge in [0, 0.05) is 6.08 Å². The van der Waals surface area contributed by atoms with Gasteiger partial charge in [0.2, 0.25) is 0 Å². The Kier molecular flexibility index (Phi) is 6.54. The molecule has 1 aromatic heterocycles. The fourth-order valence-corrected chi connectivity index (χ4v) is 2.46. The summed E-state index contributed by atoms with van der Waals surface area (Å²) in [4.78, 5) is 23.6. The van der Waals surface area contributed by atoms with Crippen LogP contribution >= 0.6 is 15.9 Å². The zero-order chi connectivity index (χ0) is 19.8. The average Bonchev–Trinajstić information content (AvgIpc) is 3.15. The Morgan fingerprint density at radius 2 is 1.71 bits per heavy atom. The van der Waals surface area contributed by atoms with Gasteiger partial charge in [0.05, 0.1) is 6.21 Å². The summed E-state index contributed by atoms with van der Waals surface area (Å²) in [7, 11) is 0. The van der Waals surface area contributed by atoms with E-state index in [-0.39, 0.29) is 5.76 Å². The first-order valence-corrected chi connectivity index (χ1v) is 9.03. The molecule has 3 aromatic rings. The van der Waals surface area contributed by atoms with Gasteiger partial charge in [-0.15, -0.1) is 0 Å². The van der Waals surface area contributed by atoms with Crippen LogP contribution in [0.15, 0.2) is 87.0 Å². The van der Waals surface area contributed by atoms with Crippen LogP contribution in [-0.2, 0) is 4.79 Å². The third kappa shape index (κ3) is 5.78. The van der Waals surface area contributed by atoms with E-state index in [2.05, 4.69) is 26.5 Å². The molecule has 28 heavy (non-hydrogen) atoms. The summed E-state index contributed by atoms with van der Waals surface area (Å²) in [5.74, 6) is -0.376. The molecular weight excluding hydrogens is 424 g/mol. The summed E-state index contributed by atoms with van der Waals surface area (Å²) in [5.41, 5.74) is 4.00. The molecule has 0 saturated heterocycles. The highest BCUT2D eigenvalue weighted by molar-refractivity contribution is 9.10. The molecule has 0 aliphatic rings. The quantitative estimate of drug-likeness (QED) is 0.203. The number of esters is 1. The lowest BCUT2D eigenvalue weighted by atomic mass is 10.2. The lowest BCUT2D eigenvalue weighted by Crippen LogP contribution is -2.16. The third-order valence-electron chi connectivity index (χ3n) is 3.49. The highest BCUT2D eigenvalue weighted by atomic mass is 79.9. The molecule has 0 saturated carbocycles. The van der Waals surface area contributed by atoms with Gasteiger partial charge in [0.25, 0.3) is 0 Å². The monoisotopic (exact) mass is 438 g/mol. The van der Waals surface area contributed by atoms with E-state index in [9.17, 15) is 9.59 Å². The molecule has 0 atom stereocenters. The predicted octanol–water partition coefficient (Wildman–Crippen LogP) is 4.42. The highest BCUT2D eigenvalue weighted by Gasteiger charge is 2.08. The lowest BCUT2D eigenvalue weighted by Gasteiger charge is -2.01. The standard InChI is InChI=1S/C21H15BrN2O4/c22-19-12-11-18(28-19)21(26)24-23-14-16-6-9-17(10-7-16)27-20(25)13-8-15-4-2-1-3-5-15/h1-14H,(H,24,26)/b13-8+,23-14-. The Morgan fingerprint density at radius 3 is 2.39 bits per heavy atom. The van der Waals surface area contributed by atoms with E-state index in [1.165, 1.54) is 18.4 Å². The van der Waals surface area contributed by atoms with E-state index >= 15 is 0 Å². The zero-order valence-electron chi connectivity index (χ0n) is 14.5. The number of amides is 1. The first-order valence-electron chi connectivity index (χ1n) is 8.24. The minimum absolute atomic E-state index is 0.148. The van der Waals surface area contributed by atoms with Crippen molar-refractivity contribution < 1.29 is 18.7 Å². The Hall–Kier alpha value is -3.45. The topological polar surface area (TPSA) is 80.9 Å². The molecule has 3 rings (SSSR count). The number of nitrogens with zero attached hydrogens (tertiary/aromatic N) is 1. The molecule has 0 fully saturated rings. The van der Waals surface area contributed by atoms with Gasteiger partial charge in [-0.25, -0.2) is 10.2 Å². The summed E-state index contributed by atoms with van der Waals surface area (Å²) in [6.45, 7) is 0. The number of benzene rings is 2. The number of rotatable bonds is 6. The number of hydrazone groups is 1. The average molecular weight is 439 g/mol. The van der Waals surface area contributed by atoms with Gasteiger partial charge < -0.3 is 9.15 Å². The highest BCUT2D eigenvalue weighted by Crippen LogP contribution is 2.14. The molecule has 2 aromatic carbocycles. The van der Waals surface area contributed by atoms with Gasteiger partial charge >= 0.3 is 11.9 Å². The Morgan fingerprint density at radius 1 is 0.964 bits per heavy atom. The number of halogens is 1. The van der Waals surface area contributed by atoms with Gasteiger partial charge in [-0.05, 0) is 69.5 Å². The van der Waals surface area contributed by atoms with Gasteiger partial charge in [-0.2, -0.15) is 5.10 Å².